The summed E-state index contributed by atoms with van der Waals surface area (Å²) >= 11 is 0. The number of ether oxygens (including phenoxy) is 1. The average Bonchev–Trinajstić information content (AvgIpc) is 2.68. The molecule has 0 spiro atoms. The Morgan fingerprint density at radius 3 is 2.07 bits per heavy atom. The van der Waals surface area contributed by atoms with E-state index >= 15 is 0 Å². The van der Waals surface area contributed by atoms with Crippen LogP contribution in [0.1, 0.15) is 55.5 Å². The highest BCUT2D eigenvalue weighted by atomic mass is 16.5. The minimum Gasteiger partial charge on any atom is -0.489 e. The quantitative estimate of drug-likeness (QED) is 0.342. The monoisotopic (exact) mass is 393 g/mol. The van der Waals surface area contributed by atoms with Gasteiger partial charge in [0, 0.05) is 0 Å². The molecule has 0 saturated heterocycles. The number of rotatable bonds is 7. The molecule has 0 unspecified atom stereocenters. The van der Waals surface area contributed by atoms with Gasteiger partial charge in [-0.05, 0) is 75.9 Å². The van der Waals surface area contributed by atoms with Gasteiger partial charge in [0.05, 0.1) is 31.7 Å². The van der Waals surface area contributed by atoms with Gasteiger partial charge in [-0.15, -0.1) is 0 Å². The van der Waals surface area contributed by atoms with Crippen molar-refractivity contribution in [3.05, 3.63) is 70.8 Å². The summed E-state index contributed by atoms with van der Waals surface area (Å²) in [6, 6.07) is 13.5. The van der Waals surface area contributed by atoms with E-state index in [4.69, 9.17) is 4.74 Å². The van der Waals surface area contributed by atoms with Crippen molar-refractivity contribution in [2.45, 2.75) is 60.2 Å². The Hall–Kier alpha value is -2.55. The molecule has 0 radical (unpaired) electrons. The minimum absolute atomic E-state index is 0.416. The van der Waals surface area contributed by atoms with Gasteiger partial charge >= 0.3 is 0 Å². The molecule has 0 aliphatic carbocycles. The molecule has 0 aliphatic heterocycles. The third-order valence-corrected chi connectivity index (χ3v) is 5.57. The van der Waals surface area contributed by atoms with E-state index in [1.807, 2.05) is 6.08 Å². The second-order valence-electron chi connectivity index (χ2n) is 8.40. The van der Waals surface area contributed by atoms with Crippen LogP contribution in [0.25, 0.3) is 6.08 Å². The van der Waals surface area contributed by atoms with Gasteiger partial charge in [0.25, 0.3) is 5.84 Å². The molecule has 2 aromatic rings. The Balaban J connectivity index is 2.35. The van der Waals surface area contributed by atoms with Crippen LogP contribution in [0.15, 0.2) is 43.0 Å². The predicted molar refractivity (Wildman–Crippen MR) is 125 cm³/mol. The van der Waals surface area contributed by atoms with Gasteiger partial charge in [0.15, 0.2) is 0 Å². The Morgan fingerprint density at radius 1 is 1.07 bits per heavy atom. The molecule has 3 nitrogen and oxygen atoms in total. The average molecular weight is 394 g/mol. The number of benzene rings is 2. The van der Waals surface area contributed by atoms with Crippen molar-refractivity contribution in [1.29, 1.82) is 0 Å². The molecule has 0 aliphatic rings. The first-order valence-corrected chi connectivity index (χ1v) is 10.4. The highest BCUT2D eigenvalue weighted by Crippen LogP contribution is 2.25. The molecule has 156 valence electrons. The maximum absolute atomic E-state index is 6.12. The summed E-state index contributed by atoms with van der Waals surface area (Å²) < 4.78 is 8.47. The Labute approximate surface area is 177 Å². The van der Waals surface area contributed by atoms with Crippen molar-refractivity contribution >= 4 is 11.9 Å². The SMILES string of the molecule is C=Cc1ccc(COc2cc(C)c(C(N(C)C(C)C)=[N+](C)C(C)C)c(C)c2)cc1. The highest BCUT2D eigenvalue weighted by Gasteiger charge is 2.27. The smallest absolute Gasteiger partial charge is 0.279 e. The van der Waals surface area contributed by atoms with Crippen LogP contribution in [-0.4, -0.2) is 41.5 Å². The van der Waals surface area contributed by atoms with Crippen LogP contribution >= 0.6 is 0 Å². The van der Waals surface area contributed by atoms with Crippen LogP contribution in [-0.2, 0) is 6.61 Å². The molecule has 2 rings (SSSR count). The van der Waals surface area contributed by atoms with Crippen LogP contribution in [0.4, 0.5) is 0 Å². The molecule has 0 aromatic heterocycles. The topological polar surface area (TPSA) is 15.5 Å². The van der Waals surface area contributed by atoms with Gasteiger partial charge in [0.2, 0.25) is 0 Å². The number of nitrogens with zero attached hydrogens (tertiary/aromatic N) is 2. The van der Waals surface area contributed by atoms with Crippen molar-refractivity contribution in [2.24, 2.45) is 0 Å². The zero-order chi connectivity index (χ0) is 21.7. The fourth-order valence-corrected chi connectivity index (χ4v) is 3.37. The van der Waals surface area contributed by atoms with Gasteiger partial charge in [-0.1, -0.05) is 36.9 Å². The van der Waals surface area contributed by atoms with Crippen molar-refractivity contribution < 1.29 is 9.31 Å². The predicted octanol–water partition coefficient (Wildman–Crippen LogP) is 5.66. The van der Waals surface area contributed by atoms with Crippen molar-refractivity contribution in [2.75, 3.05) is 14.1 Å². The van der Waals surface area contributed by atoms with E-state index in [0.717, 1.165) is 16.9 Å². The third-order valence-electron chi connectivity index (χ3n) is 5.57. The summed E-state index contributed by atoms with van der Waals surface area (Å²) in [5.74, 6) is 2.17. The molecule has 0 atom stereocenters. The van der Waals surface area contributed by atoms with E-state index in [0.29, 0.717) is 18.7 Å². The summed E-state index contributed by atoms with van der Waals surface area (Å²) in [7, 11) is 4.35. The van der Waals surface area contributed by atoms with Crippen LogP contribution in [0, 0.1) is 13.8 Å². The molecule has 3 heteroatoms. The molecular weight excluding hydrogens is 356 g/mol. The van der Waals surface area contributed by atoms with Gasteiger partial charge < -0.3 is 4.74 Å². The molecule has 0 saturated carbocycles. The molecule has 0 N–H and O–H groups in total. The first-order valence-electron chi connectivity index (χ1n) is 10.4. The Morgan fingerprint density at radius 2 is 1.62 bits per heavy atom. The summed E-state index contributed by atoms with van der Waals surface area (Å²) in [5.41, 5.74) is 6.03. The summed E-state index contributed by atoms with van der Waals surface area (Å²) in [6.07, 6.45) is 1.85. The fourth-order valence-electron chi connectivity index (χ4n) is 3.37. The minimum atomic E-state index is 0.416. The van der Waals surface area contributed by atoms with E-state index in [9.17, 15) is 0 Å². The molecule has 0 heterocycles. The highest BCUT2D eigenvalue weighted by molar-refractivity contribution is 5.98. The first-order chi connectivity index (χ1) is 13.6. The van der Waals surface area contributed by atoms with E-state index in [2.05, 4.69) is 108 Å². The Kier molecular flexibility index (Phi) is 7.66. The van der Waals surface area contributed by atoms with E-state index < -0.39 is 0 Å². The molecule has 0 amide bonds. The molecule has 0 fully saturated rings. The lowest BCUT2D eigenvalue weighted by atomic mass is 9.99. The molecule has 29 heavy (non-hydrogen) atoms. The van der Waals surface area contributed by atoms with E-state index in [1.54, 1.807) is 0 Å². The van der Waals surface area contributed by atoms with Gasteiger partial charge in [0.1, 0.15) is 12.4 Å². The van der Waals surface area contributed by atoms with Crippen molar-refractivity contribution in [3.63, 3.8) is 0 Å². The van der Waals surface area contributed by atoms with Gasteiger partial charge in [-0.2, -0.15) is 0 Å². The lowest BCUT2D eigenvalue weighted by molar-refractivity contribution is -0.534. The number of hydrogen-bond donors (Lipinski definition) is 0. The summed E-state index contributed by atoms with van der Waals surface area (Å²) in [6.45, 7) is 17.6. The van der Waals surface area contributed by atoms with Crippen LogP contribution in [0.5, 0.6) is 5.75 Å². The second kappa shape index (κ2) is 9.78. The lowest BCUT2D eigenvalue weighted by Crippen LogP contribution is -2.42. The zero-order valence-electron chi connectivity index (χ0n) is 19.4. The maximum atomic E-state index is 6.12. The number of aryl methyl sites for hydroxylation is 2. The fraction of sp³-hybridized carbons (Fsp3) is 0.423. The molecular formula is C26H37N2O+. The van der Waals surface area contributed by atoms with Crippen LogP contribution in [0.2, 0.25) is 0 Å². The Bertz CT molecular complexity index is 853. The zero-order valence-corrected chi connectivity index (χ0v) is 19.4. The number of hydrogen-bond acceptors (Lipinski definition) is 1. The largest absolute Gasteiger partial charge is 0.489 e. The van der Waals surface area contributed by atoms with Gasteiger partial charge in [-0.25, -0.2) is 0 Å². The van der Waals surface area contributed by atoms with Crippen molar-refractivity contribution in [1.82, 2.24) is 4.90 Å². The van der Waals surface area contributed by atoms with Crippen molar-refractivity contribution in [3.8, 4) is 5.75 Å². The van der Waals surface area contributed by atoms with Crippen LogP contribution in [0.3, 0.4) is 0 Å². The van der Waals surface area contributed by atoms with E-state index in [-0.39, 0.29) is 0 Å². The van der Waals surface area contributed by atoms with Gasteiger partial charge in [-0.3, -0.25) is 9.48 Å². The third kappa shape index (κ3) is 5.50. The standard InChI is InChI=1S/C26H37N2O/c1-10-22-11-13-23(14-12-22)17-29-24-15-20(6)25(21(7)16-24)26(27(8)18(2)3)28(9)19(4)5/h10-16,18-19H,1,17H2,2-9H3/q+1. The maximum Gasteiger partial charge on any atom is 0.279 e. The normalized spacial score (nSPS) is 12.2. The number of amidine groups is 1. The van der Waals surface area contributed by atoms with Crippen LogP contribution < -0.4 is 4.74 Å². The second-order valence-corrected chi connectivity index (χ2v) is 8.40. The summed E-state index contributed by atoms with van der Waals surface area (Å²) in [4.78, 5) is 2.36. The first kappa shape index (κ1) is 22.7. The van der Waals surface area contributed by atoms with E-state index in [1.165, 1.54) is 22.5 Å². The molecule has 0 bridgehead atoms. The molecule has 2 aromatic carbocycles. The summed E-state index contributed by atoms with van der Waals surface area (Å²) in [5, 5.41) is 0. The lowest BCUT2D eigenvalue weighted by Gasteiger charge is -2.25.